The van der Waals surface area contributed by atoms with Gasteiger partial charge in [0.25, 0.3) is 0 Å². The molecule has 0 aliphatic heterocycles. The molecule has 16 heavy (non-hydrogen) atoms. The zero-order valence-corrected chi connectivity index (χ0v) is 10.4. The topological polar surface area (TPSA) is 63.1 Å². The summed E-state index contributed by atoms with van der Waals surface area (Å²) in [7, 11) is 0. The van der Waals surface area contributed by atoms with Crippen molar-refractivity contribution in [1.82, 2.24) is 10.2 Å². The summed E-state index contributed by atoms with van der Waals surface area (Å²) in [5.41, 5.74) is -0.922. The van der Waals surface area contributed by atoms with Crippen molar-refractivity contribution in [3.63, 3.8) is 0 Å². The van der Waals surface area contributed by atoms with Crippen molar-refractivity contribution >= 4 is 17.3 Å². The molecule has 1 N–H and O–H groups in total. The van der Waals surface area contributed by atoms with Gasteiger partial charge in [-0.25, -0.2) is 0 Å². The molecule has 0 radical (unpaired) electrons. The van der Waals surface area contributed by atoms with E-state index in [0.717, 1.165) is 5.01 Å². The molecule has 0 saturated heterocycles. The van der Waals surface area contributed by atoms with E-state index in [-0.39, 0.29) is 0 Å². The molecule has 0 spiro atoms. The van der Waals surface area contributed by atoms with E-state index in [1.807, 2.05) is 0 Å². The average molecular weight is 240 g/mol. The number of aromatic nitrogens is 2. The predicted molar refractivity (Wildman–Crippen MR) is 61.8 cm³/mol. The molecule has 1 aromatic heterocycles. The smallest absolute Gasteiger partial charge is 0.316 e. The normalized spacial score (nSPS) is 17.9. The van der Waals surface area contributed by atoms with Gasteiger partial charge >= 0.3 is 5.97 Å². The molecule has 2 rings (SSSR count). The average Bonchev–Trinajstić information content (AvgIpc) is 2.88. The molecule has 0 amide bonds. The second-order valence-electron chi connectivity index (χ2n) is 4.86. The van der Waals surface area contributed by atoms with Crippen molar-refractivity contribution < 1.29 is 9.90 Å². The lowest BCUT2D eigenvalue weighted by Gasteiger charge is -2.14. The summed E-state index contributed by atoms with van der Waals surface area (Å²) >= 11 is 1.46. The quantitative estimate of drug-likeness (QED) is 0.882. The molecule has 5 heteroatoms. The fraction of sp³-hybridized carbons (Fsp3) is 0.727. The summed E-state index contributed by atoms with van der Waals surface area (Å²) in [6.07, 6.45) is 4.84. The second kappa shape index (κ2) is 4.13. The Balaban J connectivity index is 2.21. The van der Waals surface area contributed by atoms with Crippen molar-refractivity contribution in [3.8, 4) is 0 Å². The molecule has 4 nitrogen and oxygen atoms in total. The first kappa shape index (κ1) is 11.5. The molecule has 1 heterocycles. The minimum Gasteiger partial charge on any atom is -0.481 e. The molecule has 1 aromatic rings. The van der Waals surface area contributed by atoms with Crippen LogP contribution in [-0.2, 0) is 10.2 Å². The zero-order chi connectivity index (χ0) is 11.8. The van der Waals surface area contributed by atoms with E-state index in [0.29, 0.717) is 10.9 Å². The Labute approximate surface area is 98.7 Å². The third kappa shape index (κ3) is 1.96. The summed E-state index contributed by atoms with van der Waals surface area (Å²) in [4.78, 5) is 11.1. The Hall–Kier alpha value is -0.970. The van der Waals surface area contributed by atoms with Crippen molar-refractivity contribution in [1.29, 1.82) is 0 Å². The van der Waals surface area contributed by atoms with Crippen molar-refractivity contribution in [2.75, 3.05) is 0 Å². The first-order valence-electron chi connectivity index (χ1n) is 5.59. The maximum Gasteiger partial charge on any atom is 0.316 e. The molecular formula is C11H16N2O2S. The highest BCUT2D eigenvalue weighted by atomic mass is 32.1. The standard InChI is InChI=1S/C11H16N2O2S/c1-11(2,10(14)15)9-13-12-8(16-9)7-5-3-4-6-7/h7H,3-6H2,1-2H3,(H,14,15). The van der Waals surface area contributed by atoms with E-state index >= 15 is 0 Å². The van der Waals surface area contributed by atoms with Crippen LogP contribution in [0, 0.1) is 0 Å². The van der Waals surface area contributed by atoms with Crippen LogP contribution < -0.4 is 0 Å². The number of carbonyl (C=O) groups is 1. The van der Waals surface area contributed by atoms with Crippen LogP contribution in [0.4, 0.5) is 0 Å². The highest BCUT2D eigenvalue weighted by Crippen LogP contribution is 2.37. The van der Waals surface area contributed by atoms with E-state index in [1.165, 1.54) is 37.0 Å². The zero-order valence-electron chi connectivity index (χ0n) is 9.56. The van der Waals surface area contributed by atoms with Crippen LogP contribution in [0.2, 0.25) is 0 Å². The van der Waals surface area contributed by atoms with E-state index in [4.69, 9.17) is 5.11 Å². The van der Waals surface area contributed by atoms with Gasteiger partial charge in [-0.05, 0) is 26.7 Å². The van der Waals surface area contributed by atoms with E-state index in [2.05, 4.69) is 10.2 Å². The first-order chi connectivity index (χ1) is 7.51. The Morgan fingerprint density at radius 2 is 2.00 bits per heavy atom. The predicted octanol–water partition coefficient (Wildman–Crippen LogP) is 2.56. The lowest BCUT2D eigenvalue weighted by Crippen LogP contribution is -2.28. The Kier molecular flexibility index (Phi) is 2.97. The monoisotopic (exact) mass is 240 g/mol. The minimum absolute atomic E-state index is 0.510. The SMILES string of the molecule is CC(C)(C(=O)O)c1nnc(C2CCCC2)s1. The number of carboxylic acids is 1. The van der Waals surface area contributed by atoms with Gasteiger partial charge in [0.1, 0.15) is 15.4 Å². The van der Waals surface area contributed by atoms with E-state index in [1.54, 1.807) is 13.8 Å². The van der Waals surface area contributed by atoms with E-state index < -0.39 is 11.4 Å². The van der Waals surface area contributed by atoms with Gasteiger partial charge in [-0.2, -0.15) is 0 Å². The summed E-state index contributed by atoms with van der Waals surface area (Å²) in [5, 5.41) is 18.9. The highest BCUT2D eigenvalue weighted by Gasteiger charge is 2.34. The molecule has 1 aliphatic rings. The summed E-state index contributed by atoms with van der Waals surface area (Å²) < 4.78 is 0. The van der Waals surface area contributed by atoms with Gasteiger partial charge in [0.05, 0.1) is 0 Å². The third-order valence-electron chi connectivity index (χ3n) is 3.21. The number of carboxylic acid groups (broad SMARTS) is 1. The lowest BCUT2D eigenvalue weighted by molar-refractivity contribution is -0.142. The van der Waals surface area contributed by atoms with Crippen LogP contribution >= 0.6 is 11.3 Å². The molecular weight excluding hydrogens is 224 g/mol. The van der Waals surface area contributed by atoms with Gasteiger partial charge in [-0.3, -0.25) is 4.79 Å². The van der Waals surface area contributed by atoms with Crippen LogP contribution in [0.25, 0.3) is 0 Å². The molecule has 0 aromatic carbocycles. The molecule has 0 atom stereocenters. The van der Waals surface area contributed by atoms with E-state index in [9.17, 15) is 4.79 Å². The van der Waals surface area contributed by atoms with Gasteiger partial charge in [0.15, 0.2) is 0 Å². The molecule has 1 fully saturated rings. The largest absolute Gasteiger partial charge is 0.481 e. The molecule has 0 bridgehead atoms. The first-order valence-corrected chi connectivity index (χ1v) is 6.40. The van der Waals surface area contributed by atoms with Crippen LogP contribution in [0.15, 0.2) is 0 Å². The highest BCUT2D eigenvalue weighted by molar-refractivity contribution is 7.11. The molecule has 1 saturated carbocycles. The summed E-state index contributed by atoms with van der Waals surface area (Å²) in [6.45, 7) is 3.35. The fourth-order valence-electron chi connectivity index (χ4n) is 1.92. The number of hydrogen-bond acceptors (Lipinski definition) is 4. The summed E-state index contributed by atoms with van der Waals surface area (Å²) in [5.74, 6) is -0.336. The fourth-order valence-corrected chi connectivity index (χ4v) is 3.02. The lowest BCUT2D eigenvalue weighted by atomic mass is 9.95. The third-order valence-corrected chi connectivity index (χ3v) is 4.62. The summed E-state index contributed by atoms with van der Waals surface area (Å²) in [6, 6.07) is 0. The second-order valence-corrected chi connectivity index (χ2v) is 5.87. The molecule has 1 aliphatic carbocycles. The Morgan fingerprint density at radius 3 is 2.56 bits per heavy atom. The minimum atomic E-state index is -0.922. The van der Waals surface area contributed by atoms with Crippen molar-refractivity contribution in [2.24, 2.45) is 0 Å². The Bertz CT molecular complexity index is 394. The molecule has 88 valence electrons. The number of nitrogens with zero attached hydrogens (tertiary/aromatic N) is 2. The number of hydrogen-bond donors (Lipinski definition) is 1. The van der Waals surface area contributed by atoms with Crippen molar-refractivity contribution in [2.45, 2.75) is 50.9 Å². The van der Waals surface area contributed by atoms with Crippen LogP contribution in [0.5, 0.6) is 0 Å². The number of aliphatic carboxylic acids is 1. The maximum absolute atomic E-state index is 11.1. The molecule has 0 unspecified atom stereocenters. The number of rotatable bonds is 3. The Morgan fingerprint density at radius 1 is 1.38 bits per heavy atom. The maximum atomic E-state index is 11.1. The van der Waals surface area contributed by atoms with Gasteiger partial charge in [-0.15, -0.1) is 21.5 Å². The van der Waals surface area contributed by atoms with Crippen LogP contribution in [0.1, 0.15) is 55.5 Å². The van der Waals surface area contributed by atoms with Gasteiger partial charge in [0, 0.05) is 5.92 Å². The van der Waals surface area contributed by atoms with Crippen LogP contribution in [-0.4, -0.2) is 21.3 Å². The van der Waals surface area contributed by atoms with Crippen LogP contribution in [0.3, 0.4) is 0 Å². The van der Waals surface area contributed by atoms with Gasteiger partial charge < -0.3 is 5.11 Å². The van der Waals surface area contributed by atoms with Gasteiger partial charge in [0.2, 0.25) is 0 Å². The van der Waals surface area contributed by atoms with Crippen molar-refractivity contribution in [3.05, 3.63) is 10.0 Å². The van der Waals surface area contributed by atoms with Gasteiger partial charge in [-0.1, -0.05) is 12.8 Å².